The van der Waals surface area contributed by atoms with Crippen molar-refractivity contribution in [2.45, 2.75) is 24.6 Å². The lowest BCUT2D eigenvalue weighted by atomic mass is 9.75. The van der Waals surface area contributed by atoms with Gasteiger partial charge in [0.1, 0.15) is 11.8 Å². The molecule has 5 rings (SSSR count). The fraction of sp³-hybridized carbons (Fsp3) is 0.562. The molecule has 0 radical (unpaired) electrons. The van der Waals surface area contributed by atoms with Crippen LogP contribution in [-0.4, -0.2) is 60.3 Å². The van der Waals surface area contributed by atoms with Gasteiger partial charge in [-0.3, -0.25) is 0 Å². The van der Waals surface area contributed by atoms with Gasteiger partial charge in [0.15, 0.2) is 5.76 Å². The minimum Gasteiger partial charge on any atom is -0.463 e. The number of nitrogens with zero attached hydrogens (tertiary/aromatic N) is 3. The van der Waals surface area contributed by atoms with Crippen LogP contribution < -0.4 is 0 Å². The molecule has 0 spiro atoms. The third-order valence-corrected chi connectivity index (χ3v) is 5.89. The highest BCUT2D eigenvalue weighted by Gasteiger charge is 2.73. The van der Waals surface area contributed by atoms with E-state index in [1.165, 1.54) is 24.2 Å². The molecule has 2 saturated carbocycles. The molecule has 4 aliphatic rings. The average molecular weight is 347 g/mol. The molecule has 1 aromatic rings. The lowest BCUT2D eigenvalue weighted by Crippen LogP contribution is -2.78. The van der Waals surface area contributed by atoms with Crippen LogP contribution in [0, 0.1) is 17.8 Å². The van der Waals surface area contributed by atoms with Gasteiger partial charge < -0.3 is 18.7 Å². The van der Waals surface area contributed by atoms with Crippen molar-refractivity contribution in [1.82, 2.24) is 10.0 Å². The van der Waals surface area contributed by atoms with E-state index in [9.17, 15) is 9.59 Å². The summed E-state index contributed by atoms with van der Waals surface area (Å²) in [5.74, 6) is 0.956. The molecule has 2 unspecified atom stereocenters. The maximum atomic E-state index is 12.2. The topological polar surface area (TPSA) is 93.8 Å². The number of methoxy groups -OCH3 is 2. The third-order valence-electron chi connectivity index (χ3n) is 5.89. The van der Waals surface area contributed by atoms with Gasteiger partial charge in [0.25, 0.3) is 0 Å². The number of furan rings is 1. The number of oxime groups is 1. The maximum Gasteiger partial charge on any atom is 0.429 e. The van der Waals surface area contributed by atoms with Gasteiger partial charge in [-0.1, -0.05) is 5.16 Å². The van der Waals surface area contributed by atoms with Crippen molar-refractivity contribution in [3.8, 4) is 0 Å². The zero-order chi connectivity index (χ0) is 17.3. The number of carbonyl (C=O) groups is 2. The SMILES string of the molecule is COC(=O)N1[C@@H]2[C@@H]([C@@H]3C[C@H]2C2C(c4ccco4)=NOC23)N1C(=O)OC. The Balaban J connectivity index is 1.48. The van der Waals surface area contributed by atoms with Crippen molar-refractivity contribution in [2.75, 3.05) is 14.2 Å². The molecular formula is C16H17N3O6. The second-order valence-corrected chi connectivity index (χ2v) is 6.72. The summed E-state index contributed by atoms with van der Waals surface area (Å²) >= 11 is 0. The first-order valence-electron chi connectivity index (χ1n) is 8.19. The lowest BCUT2D eigenvalue weighted by Gasteiger charge is -2.57. The zero-order valence-electron chi connectivity index (χ0n) is 13.7. The first kappa shape index (κ1) is 14.6. The molecule has 9 nitrogen and oxygen atoms in total. The number of hydrogen-bond acceptors (Lipinski definition) is 7. The summed E-state index contributed by atoms with van der Waals surface area (Å²) < 4.78 is 15.2. The van der Waals surface area contributed by atoms with E-state index in [4.69, 9.17) is 18.7 Å². The molecule has 1 aromatic heterocycles. The van der Waals surface area contributed by atoms with Crippen LogP contribution in [0.1, 0.15) is 12.2 Å². The Hall–Kier alpha value is -2.71. The Kier molecular flexibility index (Phi) is 2.87. The Bertz CT molecular complexity index is 762. The Morgan fingerprint density at radius 3 is 2.44 bits per heavy atom. The molecule has 6 atom stereocenters. The van der Waals surface area contributed by atoms with E-state index in [0.29, 0.717) is 5.76 Å². The van der Waals surface area contributed by atoms with Crippen LogP contribution in [0.25, 0.3) is 0 Å². The van der Waals surface area contributed by atoms with E-state index < -0.39 is 12.2 Å². The minimum atomic E-state index is -0.569. The van der Waals surface area contributed by atoms with E-state index in [0.717, 1.165) is 12.1 Å². The van der Waals surface area contributed by atoms with Crippen LogP contribution in [0.15, 0.2) is 28.0 Å². The van der Waals surface area contributed by atoms with Crippen LogP contribution in [0.2, 0.25) is 0 Å². The van der Waals surface area contributed by atoms with Crippen LogP contribution in [0.5, 0.6) is 0 Å². The van der Waals surface area contributed by atoms with Gasteiger partial charge in [-0.15, -0.1) is 0 Å². The standard InChI is InChI=1S/C16H17N3O6/c1-22-15(20)18-12-7-6-8(13(12)19(18)16(21)23-2)14-10(7)11(17-25-14)9-4-3-5-24-9/h3-5,7-8,10,12-14H,6H2,1-2H3/t7-,8-,10?,12-,13+,14?/m0/s1. The number of amides is 2. The quantitative estimate of drug-likeness (QED) is 0.763. The van der Waals surface area contributed by atoms with Gasteiger partial charge >= 0.3 is 12.2 Å². The number of carbonyl (C=O) groups excluding carboxylic acids is 2. The maximum absolute atomic E-state index is 12.2. The van der Waals surface area contributed by atoms with E-state index >= 15 is 0 Å². The fourth-order valence-electron chi connectivity index (χ4n) is 5.09. The highest BCUT2D eigenvalue weighted by molar-refractivity contribution is 6.01. The van der Waals surface area contributed by atoms with Crippen LogP contribution in [0.4, 0.5) is 9.59 Å². The summed E-state index contributed by atoms with van der Waals surface area (Å²) in [5.41, 5.74) is 0.780. The Morgan fingerprint density at radius 2 is 1.84 bits per heavy atom. The second-order valence-electron chi connectivity index (χ2n) is 6.72. The van der Waals surface area contributed by atoms with Gasteiger partial charge in [0.2, 0.25) is 0 Å². The van der Waals surface area contributed by atoms with Crippen molar-refractivity contribution in [3.63, 3.8) is 0 Å². The first-order valence-corrected chi connectivity index (χ1v) is 8.19. The largest absolute Gasteiger partial charge is 0.463 e. The molecule has 2 amide bonds. The molecule has 3 heterocycles. The third kappa shape index (κ3) is 1.65. The fourth-order valence-corrected chi connectivity index (χ4v) is 5.09. The Morgan fingerprint density at radius 1 is 1.16 bits per heavy atom. The molecular weight excluding hydrogens is 330 g/mol. The summed E-state index contributed by atoms with van der Waals surface area (Å²) in [6.07, 6.45) is 1.21. The number of hydrazine groups is 1. The first-order chi connectivity index (χ1) is 12.2. The molecule has 9 heteroatoms. The number of ether oxygens (including phenoxy) is 2. The van der Waals surface area contributed by atoms with Crippen molar-refractivity contribution in [3.05, 3.63) is 24.2 Å². The van der Waals surface area contributed by atoms with E-state index in [1.807, 2.05) is 12.1 Å². The zero-order valence-corrected chi connectivity index (χ0v) is 13.7. The second kappa shape index (κ2) is 4.90. The lowest BCUT2D eigenvalue weighted by molar-refractivity contribution is -0.198. The van der Waals surface area contributed by atoms with Gasteiger partial charge in [0.05, 0.1) is 38.5 Å². The van der Waals surface area contributed by atoms with Crippen molar-refractivity contribution in [2.24, 2.45) is 22.9 Å². The van der Waals surface area contributed by atoms with Crippen LogP contribution in [-0.2, 0) is 14.3 Å². The van der Waals surface area contributed by atoms with Crippen LogP contribution >= 0.6 is 0 Å². The van der Waals surface area contributed by atoms with Crippen LogP contribution in [0.3, 0.4) is 0 Å². The van der Waals surface area contributed by atoms with E-state index in [2.05, 4.69) is 5.16 Å². The van der Waals surface area contributed by atoms with E-state index in [1.54, 1.807) is 6.26 Å². The molecule has 2 bridgehead atoms. The van der Waals surface area contributed by atoms with Gasteiger partial charge in [-0.2, -0.15) is 0 Å². The predicted molar refractivity (Wildman–Crippen MR) is 81.3 cm³/mol. The van der Waals surface area contributed by atoms with Crippen molar-refractivity contribution >= 4 is 17.9 Å². The molecule has 0 N–H and O–H groups in total. The molecule has 0 aromatic carbocycles. The number of hydrogen-bond donors (Lipinski definition) is 0. The predicted octanol–water partition coefficient (Wildman–Crippen LogP) is 1.45. The molecule has 2 aliphatic heterocycles. The molecule has 3 fully saturated rings. The summed E-state index contributed by atoms with van der Waals surface area (Å²) in [7, 11) is 2.60. The monoisotopic (exact) mass is 347 g/mol. The highest BCUT2D eigenvalue weighted by Crippen LogP contribution is 2.60. The summed E-state index contributed by atoms with van der Waals surface area (Å²) in [5, 5.41) is 6.96. The van der Waals surface area contributed by atoms with E-state index in [-0.39, 0.29) is 35.9 Å². The highest BCUT2D eigenvalue weighted by atomic mass is 16.6. The summed E-state index contributed by atoms with van der Waals surface area (Å²) in [6.45, 7) is 0. The summed E-state index contributed by atoms with van der Waals surface area (Å²) in [6, 6.07) is 3.40. The molecule has 1 saturated heterocycles. The normalized spacial score (nSPS) is 37.0. The average Bonchev–Trinajstić information content (AvgIpc) is 3.34. The smallest absolute Gasteiger partial charge is 0.429 e. The molecule has 132 valence electrons. The minimum absolute atomic E-state index is 0.0457. The van der Waals surface area contributed by atoms with Gasteiger partial charge in [0, 0.05) is 5.92 Å². The van der Waals surface area contributed by atoms with Crippen molar-refractivity contribution < 1.29 is 28.3 Å². The Labute approximate surface area is 143 Å². The number of fused-ring (bicyclic) bond motifs is 8. The number of rotatable bonds is 1. The molecule has 2 aliphatic carbocycles. The van der Waals surface area contributed by atoms with Gasteiger partial charge in [-0.05, 0) is 24.5 Å². The summed E-state index contributed by atoms with van der Waals surface area (Å²) in [4.78, 5) is 30.1. The molecule has 25 heavy (non-hydrogen) atoms. The van der Waals surface area contributed by atoms with Gasteiger partial charge in [-0.25, -0.2) is 19.6 Å². The van der Waals surface area contributed by atoms with Crippen molar-refractivity contribution in [1.29, 1.82) is 0 Å².